The van der Waals surface area contributed by atoms with E-state index < -0.39 is 0 Å². The molecule has 0 fully saturated rings. The van der Waals surface area contributed by atoms with Gasteiger partial charge in [-0.2, -0.15) is 5.10 Å². The molecule has 4 rings (SSSR count). The molecule has 24 heavy (non-hydrogen) atoms. The van der Waals surface area contributed by atoms with Crippen molar-refractivity contribution >= 4 is 11.3 Å². The van der Waals surface area contributed by atoms with E-state index in [1.54, 1.807) is 12.4 Å². The molecule has 0 spiro atoms. The third-order valence-corrected chi connectivity index (χ3v) is 3.76. The van der Waals surface area contributed by atoms with E-state index in [1.165, 1.54) is 0 Å². The number of hydrogen-bond donors (Lipinski definition) is 1. The lowest BCUT2D eigenvalue weighted by atomic mass is 10.2. The van der Waals surface area contributed by atoms with E-state index in [-0.39, 0.29) is 0 Å². The lowest BCUT2D eigenvalue weighted by molar-refractivity contribution is 0.961. The van der Waals surface area contributed by atoms with Crippen LogP contribution in [0, 0.1) is 6.92 Å². The van der Waals surface area contributed by atoms with Gasteiger partial charge in [0.05, 0.1) is 17.4 Å². The van der Waals surface area contributed by atoms with Gasteiger partial charge in [-0.25, -0.2) is 14.5 Å². The van der Waals surface area contributed by atoms with Gasteiger partial charge in [0, 0.05) is 42.3 Å². The molecule has 4 heterocycles. The van der Waals surface area contributed by atoms with E-state index in [1.807, 2.05) is 54.2 Å². The Morgan fingerprint density at radius 2 is 2.04 bits per heavy atom. The zero-order valence-corrected chi connectivity index (χ0v) is 13.2. The van der Waals surface area contributed by atoms with Crippen molar-refractivity contribution in [1.29, 1.82) is 0 Å². The summed E-state index contributed by atoms with van der Waals surface area (Å²) in [4.78, 5) is 13.1. The Bertz CT molecular complexity index is 977. The van der Waals surface area contributed by atoms with Crippen LogP contribution in [0.2, 0.25) is 0 Å². The maximum absolute atomic E-state index is 4.49. The molecule has 118 valence electrons. The lowest BCUT2D eigenvalue weighted by Crippen LogP contribution is -2.04. The highest BCUT2D eigenvalue weighted by molar-refractivity contribution is 5.62. The van der Waals surface area contributed by atoms with Gasteiger partial charge < -0.3 is 5.32 Å². The molecule has 6 nitrogen and oxygen atoms in total. The van der Waals surface area contributed by atoms with Gasteiger partial charge in [-0.05, 0) is 31.2 Å². The van der Waals surface area contributed by atoms with Gasteiger partial charge in [0.1, 0.15) is 11.6 Å². The normalized spacial score (nSPS) is 10.9. The molecule has 0 aliphatic rings. The van der Waals surface area contributed by atoms with Gasteiger partial charge in [0.15, 0.2) is 0 Å². The van der Waals surface area contributed by atoms with Crippen LogP contribution in [-0.4, -0.2) is 24.6 Å². The van der Waals surface area contributed by atoms with Crippen molar-refractivity contribution in [2.45, 2.75) is 13.5 Å². The average Bonchev–Trinajstić information content (AvgIpc) is 3.03. The van der Waals surface area contributed by atoms with E-state index in [2.05, 4.69) is 31.4 Å². The summed E-state index contributed by atoms with van der Waals surface area (Å²) in [5, 5.41) is 7.71. The van der Waals surface area contributed by atoms with Crippen LogP contribution in [0.3, 0.4) is 0 Å². The first-order valence-electron chi connectivity index (χ1n) is 7.71. The third-order valence-electron chi connectivity index (χ3n) is 3.76. The number of nitrogens with zero attached hydrogens (tertiary/aromatic N) is 5. The fourth-order valence-electron chi connectivity index (χ4n) is 2.63. The SMILES string of the molecule is Cc1nc(NCc2cnn3ccccc23)cc(-c2cccnc2)n1. The number of nitrogens with one attached hydrogen (secondary N) is 1. The van der Waals surface area contributed by atoms with Gasteiger partial charge in [0.2, 0.25) is 0 Å². The summed E-state index contributed by atoms with van der Waals surface area (Å²) < 4.78 is 1.86. The summed E-state index contributed by atoms with van der Waals surface area (Å²) in [5.74, 6) is 1.51. The Kier molecular flexibility index (Phi) is 3.63. The number of anilines is 1. The summed E-state index contributed by atoms with van der Waals surface area (Å²) in [5.41, 5.74) is 4.04. The number of pyridine rings is 2. The molecule has 0 saturated carbocycles. The standard InChI is InChI=1S/C18H16N6/c1-13-22-16(14-5-4-7-19-10-14)9-18(23-13)20-11-15-12-21-24-8-3-2-6-17(15)24/h2-10,12H,11H2,1H3,(H,20,22,23). The van der Waals surface area contributed by atoms with Gasteiger partial charge in [-0.15, -0.1) is 0 Å². The van der Waals surface area contributed by atoms with E-state index >= 15 is 0 Å². The van der Waals surface area contributed by atoms with Crippen LogP contribution in [0.15, 0.2) is 61.2 Å². The van der Waals surface area contributed by atoms with Crippen molar-refractivity contribution < 1.29 is 0 Å². The quantitative estimate of drug-likeness (QED) is 0.626. The van der Waals surface area contributed by atoms with Crippen LogP contribution in [-0.2, 0) is 6.54 Å². The number of aromatic nitrogens is 5. The Morgan fingerprint density at radius 1 is 1.08 bits per heavy atom. The summed E-state index contributed by atoms with van der Waals surface area (Å²) in [6, 6.07) is 11.9. The molecule has 0 unspecified atom stereocenters. The Labute approximate surface area is 139 Å². The third kappa shape index (κ3) is 2.81. The molecule has 0 saturated heterocycles. The average molecular weight is 316 g/mol. The molecular weight excluding hydrogens is 300 g/mol. The summed E-state index contributed by atoms with van der Waals surface area (Å²) in [6.45, 7) is 2.54. The Morgan fingerprint density at radius 3 is 2.92 bits per heavy atom. The van der Waals surface area contributed by atoms with Crippen molar-refractivity contribution in [2.24, 2.45) is 0 Å². The van der Waals surface area contributed by atoms with Crippen LogP contribution in [0.25, 0.3) is 16.8 Å². The van der Waals surface area contributed by atoms with Crippen LogP contribution in [0.5, 0.6) is 0 Å². The molecule has 4 aromatic heterocycles. The van der Waals surface area contributed by atoms with Gasteiger partial charge in [-0.3, -0.25) is 4.98 Å². The van der Waals surface area contributed by atoms with E-state index in [0.717, 1.165) is 34.0 Å². The second kappa shape index (κ2) is 6.08. The first-order chi connectivity index (χ1) is 11.8. The second-order valence-electron chi connectivity index (χ2n) is 5.48. The summed E-state index contributed by atoms with van der Waals surface area (Å²) in [6.07, 6.45) is 7.37. The maximum Gasteiger partial charge on any atom is 0.130 e. The molecular formula is C18H16N6. The fourth-order valence-corrected chi connectivity index (χ4v) is 2.63. The van der Waals surface area contributed by atoms with Crippen LogP contribution < -0.4 is 5.32 Å². The van der Waals surface area contributed by atoms with E-state index in [0.29, 0.717) is 6.54 Å². The minimum Gasteiger partial charge on any atom is -0.366 e. The molecule has 0 amide bonds. The molecule has 0 radical (unpaired) electrons. The van der Waals surface area contributed by atoms with Crippen molar-refractivity contribution in [3.63, 3.8) is 0 Å². The molecule has 0 aliphatic heterocycles. The zero-order valence-electron chi connectivity index (χ0n) is 13.2. The predicted octanol–water partition coefficient (Wildman–Crippen LogP) is 3.11. The number of hydrogen-bond acceptors (Lipinski definition) is 5. The first-order valence-corrected chi connectivity index (χ1v) is 7.71. The van der Waals surface area contributed by atoms with Crippen molar-refractivity contribution in [3.8, 4) is 11.3 Å². The highest BCUT2D eigenvalue weighted by Crippen LogP contribution is 2.19. The van der Waals surface area contributed by atoms with Gasteiger partial charge in [-0.1, -0.05) is 6.07 Å². The Balaban J connectivity index is 1.60. The van der Waals surface area contributed by atoms with Crippen LogP contribution in [0.4, 0.5) is 5.82 Å². The first kappa shape index (κ1) is 14.3. The van der Waals surface area contributed by atoms with E-state index in [4.69, 9.17) is 0 Å². The summed E-state index contributed by atoms with van der Waals surface area (Å²) >= 11 is 0. The minimum atomic E-state index is 0.649. The number of fused-ring (bicyclic) bond motifs is 1. The number of aryl methyl sites for hydroxylation is 1. The van der Waals surface area contributed by atoms with Crippen molar-refractivity contribution in [2.75, 3.05) is 5.32 Å². The van der Waals surface area contributed by atoms with Gasteiger partial charge in [0.25, 0.3) is 0 Å². The topological polar surface area (TPSA) is 68.0 Å². The second-order valence-corrected chi connectivity index (χ2v) is 5.48. The highest BCUT2D eigenvalue weighted by atomic mass is 15.2. The maximum atomic E-state index is 4.49. The Hall–Kier alpha value is -3.28. The number of rotatable bonds is 4. The predicted molar refractivity (Wildman–Crippen MR) is 92.5 cm³/mol. The summed E-state index contributed by atoms with van der Waals surface area (Å²) in [7, 11) is 0. The van der Waals surface area contributed by atoms with Crippen LogP contribution >= 0.6 is 0 Å². The molecule has 0 aliphatic carbocycles. The van der Waals surface area contributed by atoms with Gasteiger partial charge >= 0.3 is 0 Å². The highest BCUT2D eigenvalue weighted by Gasteiger charge is 2.07. The molecule has 4 aromatic rings. The molecule has 0 bridgehead atoms. The zero-order chi connectivity index (χ0) is 16.4. The molecule has 1 N–H and O–H groups in total. The molecule has 0 aromatic carbocycles. The van der Waals surface area contributed by atoms with Crippen LogP contribution in [0.1, 0.15) is 11.4 Å². The van der Waals surface area contributed by atoms with Crippen molar-refractivity contribution in [1.82, 2.24) is 24.6 Å². The van der Waals surface area contributed by atoms with Crippen molar-refractivity contribution in [3.05, 3.63) is 72.6 Å². The smallest absolute Gasteiger partial charge is 0.130 e. The lowest BCUT2D eigenvalue weighted by Gasteiger charge is -2.08. The molecule has 0 atom stereocenters. The van der Waals surface area contributed by atoms with E-state index in [9.17, 15) is 0 Å². The molecule has 6 heteroatoms. The monoisotopic (exact) mass is 316 g/mol. The largest absolute Gasteiger partial charge is 0.366 e. The fraction of sp³-hybridized carbons (Fsp3) is 0.111. The minimum absolute atomic E-state index is 0.649.